The van der Waals surface area contributed by atoms with E-state index in [0.717, 1.165) is 18.5 Å². The molecule has 0 spiro atoms. The van der Waals surface area contributed by atoms with E-state index < -0.39 is 0 Å². The molecule has 3 aliphatic carbocycles. The Kier molecular flexibility index (Phi) is 4.27. The van der Waals surface area contributed by atoms with Crippen LogP contribution >= 0.6 is 0 Å². The van der Waals surface area contributed by atoms with Crippen LogP contribution in [0, 0.1) is 11.8 Å². The smallest absolute Gasteiger partial charge is 0.228 e. The Morgan fingerprint density at radius 3 is 1.79 bits per heavy atom. The van der Waals surface area contributed by atoms with Gasteiger partial charge in [0.2, 0.25) is 5.91 Å². The van der Waals surface area contributed by atoms with Gasteiger partial charge in [0.1, 0.15) is 0 Å². The highest BCUT2D eigenvalue weighted by molar-refractivity contribution is 5.94. The minimum Gasteiger partial charge on any atom is -0.326 e. The van der Waals surface area contributed by atoms with Gasteiger partial charge in [-0.1, -0.05) is 80.1 Å². The molecule has 3 aliphatic rings. The summed E-state index contributed by atoms with van der Waals surface area (Å²) in [5.74, 6) is 0.906. The molecular formula is C26H25NO. The van der Waals surface area contributed by atoms with Gasteiger partial charge in [0.25, 0.3) is 0 Å². The molecule has 28 heavy (non-hydrogen) atoms. The van der Waals surface area contributed by atoms with Crippen molar-refractivity contribution in [3.63, 3.8) is 0 Å². The summed E-state index contributed by atoms with van der Waals surface area (Å²) in [5, 5.41) is 3.21. The molecule has 2 nitrogen and oxygen atoms in total. The van der Waals surface area contributed by atoms with E-state index in [4.69, 9.17) is 0 Å². The number of anilines is 1. The van der Waals surface area contributed by atoms with E-state index >= 15 is 0 Å². The second kappa shape index (κ2) is 6.94. The number of nitrogens with one attached hydrogen (secondary N) is 1. The summed E-state index contributed by atoms with van der Waals surface area (Å²) < 4.78 is 0. The van der Waals surface area contributed by atoms with E-state index in [1.165, 1.54) is 22.3 Å². The van der Waals surface area contributed by atoms with Crippen molar-refractivity contribution in [3.05, 3.63) is 101 Å². The van der Waals surface area contributed by atoms with Crippen LogP contribution in [0.25, 0.3) is 0 Å². The summed E-state index contributed by atoms with van der Waals surface area (Å²) in [7, 11) is 0. The van der Waals surface area contributed by atoms with Crippen LogP contribution in [0.15, 0.2) is 78.9 Å². The molecule has 0 fully saturated rings. The SMILES string of the molecule is CCC[C@@H]1C2c3ccccc3C(c3ccccc32)[C@@H]1C(=O)Nc1ccccc1. The van der Waals surface area contributed by atoms with Gasteiger partial charge in [-0.05, 0) is 46.7 Å². The van der Waals surface area contributed by atoms with Crippen molar-refractivity contribution in [2.24, 2.45) is 11.8 Å². The molecule has 0 unspecified atom stereocenters. The lowest BCUT2D eigenvalue weighted by molar-refractivity contribution is -0.123. The minimum atomic E-state index is -0.0324. The van der Waals surface area contributed by atoms with Gasteiger partial charge in [0.15, 0.2) is 0 Å². The van der Waals surface area contributed by atoms with E-state index in [9.17, 15) is 4.79 Å². The van der Waals surface area contributed by atoms with Crippen molar-refractivity contribution >= 4 is 11.6 Å². The van der Waals surface area contributed by atoms with Crippen LogP contribution in [0.4, 0.5) is 5.69 Å². The van der Waals surface area contributed by atoms with Crippen LogP contribution < -0.4 is 5.32 Å². The zero-order valence-electron chi connectivity index (χ0n) is 16.1. The standard InChI is InChI=1S/C26H25NO/c1-2-10-22-23-18-13-6-8-15-20(18)24(21-16-9-7-14-19(21)23)25(22)26(28)27-17-11-4-3-5-12-17/h3-9,11-16,22-25H,2,10H2,1H3,(H,27,28)/t22-,23?,24?,25-/m1/s1. The Morgan fingerprint density at radius 2 is 1.25 bits per heavy atom. The number of rotatable bonds is 4. The van der Waals surface area contributed by atoms with Crippen LogP contribution in [0.3, 0.4) is 0 Å². The first-order valence-corrected chi connectivity index (χ1v) is 10.3. The number of carbonyl (C=O) groups is 1. The minimum absolute atomic E-state index is 0.0324. The second-order valence-electron chi connectivity index (χ2n) is 8.05. The van der Waals surface area contributed by atoms with E-state index in [2.05, 4.69) is 60.8 Å². The average molecular weight is 367 g/mol. The van der Waals surface area contributed by atoms with Gasteiger partial charge >= 0.3 is 0 Å². The summed E-state index contributed by atoms with van der Waals surface area (Å²) >= 11 is 0. The molecule has 6 rings (SSSR count). The lowest BCUT2D eigenvalue weighted by Gasteiger charge is -2.50. The van der Waals surface area contributed by atoms with Crippen LogP contribution in [-0.4, -0.2) is 5.91 Å². The Balaban J connectivity index is 1.64. The zero-order chi connectivity index (χ0) is 19.1. The number of hydrogen-bond acceptors (Lipinski definition) is 1. The van der Waals surface area contributed by atoms with Crippen LogP contribution in [0.2, 0.25) is 0 Å². The van der Waals surface area contributed by atoms with Crippen LogP contribution in [0.1, 0.15) is 53.9 Å². The maximum Gasteiger partial charge on any atom is 0.228 e. The number of carbonyl (C=O) groups excluding carboxylic acids is 1. The molecule has 1 N–H and O–H groups in total. The highest BCUT2D eigenvalue weighted by atomic mass is 16.1. The molecule has 0 heterocycles. The fourth-order valence-corrected chi connectivity index (χ4v) is 5.56. The molecule has 3 aromatic carbocycles. The van der Waals surface area contributed by atoms with Crippen molar-refractivity contribution in [1.82, 2.24) is 0 Å². The van der Waals surface area contributed by atoms with E-state index in [1.54, 1.807) is 0 Å². The molecule has 2 bridgehead atoms. The van der Waals surface area contributed by atoms with Gasteiger partial charge < -0.3 is 5.32 Å². The van der Waals surface area contributed by atoms with E-state index in [0.29, 0.717) is 11.8 Å². The molecule has 2 heteroatoms. The topological polar surface area (TPSA) is 29.1 Å². The van der Waals surface area contributed by atoms with Crippen molar-refractivity contribution in [2.45, 2.75) is 31.6 Å². The first-order valence-electron chi connectivity index (χ1n) is 10.3. The molecule has 2 atom stereocenters. The van der Waals surface area contributed by atoms with Crippen molar-refractivity contribution in [2.75, 3.05) is 5.32 Å². The monoisotopic (exact) mass is 367 g/mol. The van der Waals surface area contributed by atoms with Gasteiger partial charge in [-0.25, -0.2) is 0 Å². The molecular weight excluding hydrogens is 342 g/mol. The quantitative estimate of drug-likeness (QED) is 0.607. The molecule has 0 aliphatic heterocycles. The van der Waals surface area contributed by atoms with Crippen LogP contribution in [-0.2, 0) is 4.79 Å². The van der Waals surface area contributed by atoms with Gasteiger partial charge in [-0.3, -0.25) is 4.79 Å². The predicted molar refractivity (Wildman–Crippen MR) is 114 cm³/mol. The number of hydrogen-bond donors (Lipinski definition) is 1. The van der Waals surface area contributed by atoms with Gasteiger partial charge in [0.05, 0.1) is 5.92 Å². The van der Waals surface area contributed by atoms with Crippen molar-refractivity contribution in [1.29, 1.82) is 0 Å². The molecule has 1 amide bonds. The lowest BCUT2D eigenvalue weighted by Crippen LogP contribution is -2.45. The van der Waals surface area contributed by atoms with Crippen molar-refractivity contribution < 1.29 is 4.79 Å². The Labute approximate surface area is 166 Å². The second-order valence-corrected chi connectivity index (χ2v) is 8.05. The fourth-order valence-electron chi connectivity index (χ4n) is 5.56. The number of amides is 1. The first kappa shape index (κ1) is 17.2. The maximum atomic E-state index is 13.6. The van der Waals surface area contributed by atoms with Gasteiger partial charge in [0, 0.05) is 17.5 Å². The normalized spacial score (nSPS) is 24.3. The molecule has 0 aromatic heterocycles. The highest BCUT2D eigenvalue weighted by Gasteiger charge is 2.51. The molecule has 0 saturated heterocycles. The van der Waals surface area contributed by atoms with E-state index in [1.807, 2.05) is 30.3 Å². The lowest BCUT2D eigenvalue weighted by atomic mass is 9.53. The molecule has 140 valence electrons. The fraction of sp³-hybridized carbons (Fsp3) is 0.269. The number of fused-ring (bicyclic) bond motifs is 1. The van der Waals surface area contributed by atoms with Gasteiger partial charge in [-0.15, -0.1) is 0 Å². The summed E-state index contributed by atoms with van der Waals surface area (Å²) in [6.07, 6.45) is 2.16. The van der Waals surface area contributed by atoms with Crippen LogP contribution in [0.5, 0.6) is 0 Å². The Bertz CT molecular complexity index is 962. The first-order chi connectivity index (χ1) is 13.8. The Morgan fingerprint density at radius 1 is 0.750 bits per heavy atom. The molecule has 0 radical (unpaired) electrons. The third-order valence-corrected chi connectivity index (χ3v) is 6.55. The zero-order valence-corrected chi connectivity index (χ0v) is 16.1. The Hall–Kier alpha value is -2.87. The number of benzene rings is 3. The van der Waals surface area contributed by atoms with Gasteiger partial charge in [-0.2, -0.15) is 0 Å². The summed E-state index contributed by atoms with van der Waals surface area (Å²) in [5.41, 5.74) is 6.41. The number of para-hydroxylation sites is 1. The third-order valence-electron chi connectivity index (χ3n) is 6.55. The molecule has 0 saturated carbocycles. The summed E-state index contributed by atoms with van der Waals surface area (Å²) in [4.78, 5) is 13.6. The summed E-state index contributed by atoms with van der Waals surface area (Å²) in [6.45, 7) is 2.23. The molecule has 3 aromatic rings. The maximum absolute atomic E-state index is 13.6. The predicted octanol–water partition coefficient (Wildman–Crippen LogP) is 5.95. The third kappa shape index (κ3) is 2.59. The highest BCUT2D eigenvalue weighted by Crippen LogP contribution is 2.59. The largest absolute Gasteiger partial charge is 0.326 e. The van der Waals surface area contributed by atoms with E-state index in [-0.39, 0.29) is 17.7 Å². The summed E-state index contributed by atoms with van der Waals surface area (Å²) in [6, 6.07) is 27.4. The van der Waals surface area contributed by atoms with Crippen molar-refractivity contribution in [3.8, 4) is 0 Å². The average Bonchev–Trinajstić information content (AvgIpc) is 2.74.